The number of carbonyl (C=O) groups excluding carboxylic acids is 1. The van der Waals surface area contributed by atoms with Crippen LogP contribution >= 0.6 is 0 Å². The third kappa shape index (κ3) is 4.12. The molecule has 1 aromatic carbocycles. The van der Waals surface area contributed by atoms with E-state index in [9.17, 15) is 13.2 Å². The molecular weight excluding hydrogens is 312 g/mol. The van der Waals surface area contributed by atoms with Gasteiger partial charge in [0.15, 0.2) is 0 Å². The molecular formula is C17H26N2O3S. The van der Waals surface area contributed by atoms with Crippen molar-refractivity contribution in [3.05, 3.63) is 29.8 Å². The fourth-order valence-corrected chi connectivity index (χ4v) is 4.52. The van der Waals surface area contributed by atoms with Gasteiger partial charge in [-0.05, 0) is 51.3 Å². The van der Waals surface area contributed by atoms with Gasteiger partial charge in [-0.25, -0.2) is 8.42 Å². The van der Waals surface area contributed by atoms with Crippen LogP contribution in [0.3, 0.4) is 0 Å². The Kier molecular flexibility index (Phi) is 5.81. The first-order chi connectivity index (χ1) is 10.9. The first-order valence-electron chi connectivity index (χ1n) is 8.29. The van der Waals surface area contributed by atoms with Gasteiger partial charge in [-0.15, -0.1) is 0 Å². The van der Waals surface area contributed by atoms with Crippen LogP contribution in [0.15, 0.2) is 29.2 Å². The summed E-state index contributed by atoms with van der Waals surface area (Å²) in [7, 11) is -3.55. The molecule has 2 rings (SSSR count). The minimum atomic E-state index is -3.55. The fraction of sp³-hybridized carbons (Fsp3) is 0.588. The molecule has 1 aliphatic rings. The smallest absolute Gasteiger partial charge is 0.251 e. The number of nitrogens with zero attached hydrogens (tertiary/aromatic N) is 1. The number of carbonyl (C=O) groups is 1. The summed E-state index contributed by atoms with van der Waals surface area (Å²) in [4.78, 5) is 12.4. The molecule has 0 aliphatic carbocycles. The molecule has 0 spiro atoms. The van der Waals surface area contributed by atoms with E-state index in [4.69, 9.17) is 0 Å². The predicted molar refractivity (Wildman–Crippen MR) is 90.9 cm³/mol. The van der Waals surface area contributed by atoms with Gasteiger partial charge in [0.05, 0.1) is 4.90 Å². The molecule has 1 heterocycles. The lowest BCUT2D eigenvalue weighted by molar-refractivity contribution is 0.0939. The Hall–Kier alpha value is -1.40. The number of hydrogen-bond donors (Lipinski definition) is 1. The second-order valence-electron chi connectivity index (χ2n) is 6.27. The van der Waals surface area contributed by atoms with Crippen molar-refractivity contribution in [3.63, 3.8) is 0 Å². The molecule has 0 bridgehead atoms. The van der Waals surface area contributed by atoms with Gasteiger partial charge in [-0.2, -0.15) is 4.31 Å². The zero-order chi connectivity index (χ0) is 17.0. The maximum Gasteiger partial charge on any atom is 0.251 e. The van der Waals surface area contributed by atoms with Crippen LogP contribution in [0.5, 0.6) is 0 Å². The maximum atomic E-state index is 12.8. The normalized spacial score (nSPS) is 20.9. The Bertz CT molecular complexity index is 658. The number of amides is 1. The van der Waals surface area contributed by atoms with Crippen LogP contribution in [0.4, 0.5) is 0 Å². The van der Waals surface area contributed by atoms with Crippen LogP contribution in [0.25, 0.3) is 0 Å². The summed E-state index contributed by atoms with van der Waals surface area (Å²) < 4.78 is 27.2. The predicted octanol–water partition coefficient (Wildman–Crippen LogP) is 2.78. The molecule has 5 nitrogen and oxygen atoms in total. The van der Waals surface area contributed by atoms with Gasteiger partial charge in [-0.3, -0.25) is 4.79 Å². The molecule has 1 fully saturated rings. The lowest BCUT2D eigenvalue weighted by atomic mass is 10.1. The zero-order valence-corrected chi connectivity index (χ0v) is 14.9. The highest BCUT2D eigenvalue weighted by Crippen LogP contribution is 2.25. The minimum Gasteiger partial charge on any atom is -0.350 e. The van der Waals surface area contributed by atoms with Crippen molar-refractivity contribution < 1.29 is 13.2 Å². The monoisotopic (exact) mass is 338 g/mol. The van der Waals surface area contributed by atoms with Crippen molar-refractivity contribution in [1.82, 2.24) is 9.62 Å². The lowest BCUT2D eigenvalue weighted by Gasteiger charge is -2.32. The standard InChI is InChI=1S/C17H26N2O3S/c1-4-13(2)18-17(20)15-9-7-10-16(12-15)23(21,22)19-11-6-5-8-14(19)3/h7,9-10,12-14H,4-6,8,11H2,1-3H3,(H,18,20). The van der Waals surface area contributed by atoms with E-state index in [2.05, 4.69) is 5.32 Å². The Morgan fingerprint density at radius 1 is 1.39 bits per heavy atom. The third-order valence-electron chi connectivity index (χ3n) is 4.43. The molecule has 1 N–H and O–H groups in total. The van der Waals surface area contributed by atoms with Gasteiger partial charge in [0.25, 0.3) is 5.91 Å². The van der Waals surface area contributed by atoms with E-state index in [0.29, 0.717) is 12.1 Å². The Morgan fingerprint density at radius 3 is 2.78 bits per heavy atom. The van der Waals surface area contributed by atoms with Crippen molar-refractivity contribution in [2.75, 3.05) is 6.54 Å². The summed E-state index contributed by atoms with van der Waals surface area (Å²) in [5.74, 6) is -0.233. The second kappa shape index (κ2) is 7.45. The van der Waals surface area contributed by atoms with Crippen LogP contribution in [-0.4, -0.2) is 37.3 Å². The van der Waals surface area contributed by atoms with E-state index in [0.717, 1.165) is 25.7 Å². The summed E-state index contributed by atoms with van der Waals surface area (Å²) >= 11 is 0. The fourth-order valence-electron chi connectivity index (χ4n) is 2.77. The van der Waals surface area contributed by atoms with Crippen LogP contribution < -0.4 is 5.32 Å². The van der Waals surface area contributed by atoms with Crippen LogP contribution in [0.1, 0.15) is 56.8 Å². The SMILES string of the molecule is CCC(C)NC(=O)c1cccc(S(=O)(=O)N2CCCCC2C)c1. The number of sulfonamides is 1. The Morgan fingerprint density at radius 2 is 2.13 bits per heavy atom. The molecule has 0 saturated carbocycles. The molecule has 23 heavy (non-hydrogen) atoms. The first kappa shape index (κ1) is 17.9. The van der Waals surface area contributed by atoms with Gasteiger partial charge >= 0.3 is 0 Å². The number of piperidine rings is 1. The Balaban J connectivity index is 2.26. The van der Waals surface area contributed by atoms with E-state index < -0.39 is 10.0 Å². The van der Waals surface area contributed by atoms with Crippen LogP contribution in [0, 0.1) is 0 Å². The summed E-state index contributed by atoms with van der Waals surface area (Å²) in [6, 6.07) is 6.39. The summed E-state index contributed by atoms with van der Waals surface area (Å²) in [5.41, 5.74) is 0.385. The van der Waals surface area contributed by atoms with E-state index >= 15 is 0 Å². The number of hydrogen-bond acceptors (Lipinski definition) is 3. The number of benzene rings is 1. The molecule has 0 aromatic heterocycles. The molecule has 6 heteroatoms. The van der Waals surface area contributed by atoms with Crippen LogP contribution in [-0.2, 0) is 10.0 Å². The van der Waals surface area contributed by atoms with Gasteiger partial charge in [0.1, 0.15) is 0 Å². The molecule has 2 atom stereocenters. The third-order valence-corrected chi connectivity index (χ3v) is 6.44. The van der Waals surface area contributed by atoms with E-state index in [1.54, 1.807) is 22.5 Å². The highest BCUT2D eigenvalue weighted by atomic mass is 32.2. The van der Waals surface area contributed by atoms with Gasteiger partial charge < -0.3 is 5.32 Å². The topological polar surface area (TPSA) is 66.5 Å². The Labute approximate surface area is 139 Å². The van der Waals surface area contributed by atoms with Crippen molar-refractivity contribution >= 4 is 15.9 Å². The summed E-state index contributed by atoms with van der Waals surface area (Å²) in [5, 5.41) is 2.87. The van der Waals surface area contributed by atoms with Gasteiger partial charge in [-0.1, -0.05) is 19.4 Å². The molecule has 1 aromatic rings. The first-order valence-corrected chi connectivity index (χ1v) is 9.73. The molecule has 1 aliphatic heterocycles. The lowest BCUT2D eigenvalue weighted by Crippen LogP contribution is -2.42. The minimum absolute atomic E-state index is 0.00588. The van der Waals surface area contributed by atoms with Crippen molar-refractivity contribution in [1.29, 1.82) is 0 Å². The average molecular weight is 338 g/mol. The largest absolute Gasteiger partial charge is 0.350 e. The quantitative estimate of drug-likeness (QED) is 0.898. The van der Waals surface area contributed by atoms with E-state index in [-0.39, 0.29) is 22.9 Å². The van der Waals surface area contributed by atoms with Gasteiger partial charge in [0.2, 0.25) is 10.0 Å². The van der Waals surface area contributed by atoms with Crippen LogP contribution in [0.2, 0.25) is 0 Å². The van der Waals surface area contributed by atoms with Gasteiger partial charge in [0, 0.05) is 24.2 Å². The zero-order valence-electron chi connectivity index (χ0n) is 14.1. The maximum absolute atomic E-state index is 12.8. The molecule has 2 unspecified atom stereocenters. The highest BCUT2D eigenvalue weighted by Gasteiger charge is 2.31. The van der Waals surface area contributed by atoms with E-state index in [1.807, 2.05) is 20.8 Å². The molecule has 1 amide bonds. The average Bonchev–Trinajstić information content (AvgIpc) is 2.55. The van der Waals surface area contributed by atoms with Crippen molar-refractivity contribution in [2.24, 2.45) is 0 Å². The highest BCUT2D eigenvalue weighted by molar-refractivity contribution is 7.89. The molecule has 0 radical (unpaired) electrons. The van der Waals surface area contributed by atoms with Crippen molar-refractivity contribution in [2.45, 2.75) is 63.4 Å². The molecule has 128 valence electrons. The summed E-state index contributed by atoms with van der Waals surface area (Å²) in [6.45, 7) is 6.40. The molecule has 1 saturated heterocycles. The number of nitrogens with one attached hydrogen (secondary N) is 1. The van der Waals surface area contributed by atoms with E-state index in [1.165, 1.54) is 6.07 Å². The number of rotatable bonds is 5. The summed E-state index contributed by atoms with van der Waals surface area (Å²) in [6.07, 6.45) is 3.66. The van der Waals surface area contributed by atoms with Crippen molar-refractivity contribution in [3.8, 4) is 0 Å². The second-order valence-corrected chi connectivity index (χ2v) is 8.16.